The van der Waals surface area contributed by atoms with Crippen LogP contribution in [0, 0.1) is 0 Å². The number of anilines is 3. The molecule has 7 nitrogen and oxygen atoms in total. The third kappa shape index (κ3) is 3.56. The molecule has 98 valence electrons. The minimum Gasteiger partial charge on any atom is -0.497 e. The number of aromatic nitrogens is 2. The van der Waals surface area contributed by atoms with Crippen LogP contribution in [0.3, 0.4) is 0 Å². The first-order valence-corrected chi connectivity index (χ1v) is 5.50. The van der Waals surface area contributed by atoms with Crippen LogP contribution in [0.2, 0.25) is 0 Å². The van der Waals surface area contributed by atoms with Crippen LogP contribution >= 0.6 is 0 Å². The molecule has 19 heavy (non-hydrogen) atoms. The quantitative estimate of drug-likeness (QED) is 0.559. The molecule has 1 aromatic carbocycles. The summed E-state index contributed by atoms with van der Waals surface area (Å²) >= 11 is 0. The number of nitrogen functional groups attached to an aromatic ring is 2. The average Bonchev–Trinajstić information content (AvgIpc) is 2.38. The number of hydrogen-bond acceptors (Lipinski definition) is 7. The molecule has 0 saturated heterocycles. The van der Waals surface area contributed by atoms with E-state index in [2.05, 4.69) is 20.5 Å². The Morgan fingerprint density at radius 2 is 1.79 bits per heavy atom. The van der Waals surface area contributed by atoms with Gasteiger partial charge in [-0.1, -0.05) is 0 Å². The van der Waals surface area contributed by atoms with Gasteiger partial charge in [0.2, 0.25) is 5.95 Å². The summed E-state index contributed by atoms with van der Waals surface area (Å²) in [6, 6.07) is 8.90. The smallest absolute Gasteiger partial charge is 0.247 e. The molecule has 1 aromatic heterocycles. The van der Waals surface area contributed by atoms with E-state index in [9.17, 15) is 0 Å². The number of ether oxygens (including phenoxy) is 1. The molecule has 0 aliphatic rings. The second-order valence-corrected chi connectivity index (χ2v) is 3.68. The topological polar surface area (TPSA) is 111 Å². The lowest BCUT2D eigenvalue weighted by Crippen LogP contribution is -2.03. The number of methoxy groups -OCH3 is 1. The molecule has 0 atom stereocenters. The van der Waals surface area contributed by atoms with Gasteiger partial charge < -0.3 is 16.2 Å². The Kier molecular flexibility index (Phi) is 3.77. The van der Waals surface area contributed by atoms with Crippen molar-refractivity contribution in [3.8, 4) is 5.75 Å². The predicted octanol–water partition coefficient (Wildman–Crippen LogP) is 1.10. The van der Waals surface area contributed by atoms with E-state index in [4.69, 9.17) is 16.2 Å². The fraction of sp³-hybridized carbons (Fsp3) is 0.0833. The molecule has 2 aromatic rings. The van der Waals surface area contributed by atoms with Gasteiger partial charge in [0, 0.05) is 6.07 Å². The van der Waals surface area contributed by atoms with Gasteiger partial charge in [-0.05, 0) is 29.8 Å². The Balaban J connectivity index is 2.02. The van der Waals surface area contributed by atoms with Crippen molar-refractivity contribution in [3.63, 3.8) is 0 Å². The summed E-state index contributed by atoms with van der Waals surface area (Å²) in [7, 11) is 1.62. The molecule has 0 aliphatic heterocycles. The van der Waals surface area contributed by atoms with Crippen LogP contribution in [-0.2, 0) is 0 Å². The van der Waals surface area contributed by atoms with Crippen molar-refractivity contribution in [2.45, 2.75) is 0 Å². The Morgan fingerprint density at radius 1 is 1.16 bits per heavy atom. The number of nitrogens with one attached hydrogen (secondary N) is 1. The van der Waals surface area contributed by atoms with Crippen molar-refractivity contribution >= 4 is 23.8 Å². The summed E-state index contributed by atoms with van der Waals surface area (Å²) in [5.74, 6) is 1.61. The molecule has 0 unspecified atom stereocenters. The highest BCUT2D eigenvalue weighted by atomic mass is 16.5. The number of hydrogen-bond donors (Lipinski definition) is 3. The minimum atomic E-state index is 0.252. The lowest BCUT2D eigenvalue weighted by molar-refractivity contribution is 0.415. The highest BCUT2D eigenvalue weighted by Crippen LogP contribution is 2.10. The standard InChI is InChI=1S/C12H14N6O/c1-19-9-4-2-8(3-5-9)7-15-18-12-16-10(13)6-11(14)17-12/h2-7H,1H3,(H5,13,14,16,17,18)/b15-7+. The van der Waals surface area contributed by atoms with Crippen molar-refractivity contribution in [1.29, 1.82) is 0 Å². The van der Waals surface area contributed by atoms with Crippen LogP contribution in [0.4, 0.5) is 17.6 Å². The fourth-order valence-electron chi connectivity index (χ4n) is 1.39. The normalized spacial score (nSPS) is 10.6. The third-order valence-electron chi connectivity index (χ3n) is 2.26. The molecular formula is C12H14N6O. The molecule has 5 N–H and O–H groups in total. The van der Waals surface area contributed by atoms with Gasteiger partial charge in [-0.15, -0.1) is 0 Å². The van der Waals surface area contributed by atoms with Crippen molar-refractivity contribution in [3.05, 3.63) is 35.9 Å². The minimum absolute atomic E-state index is 0.252. The Labute approximate surface area is 110 Å². The van der Waals surface area contributed by atoms with E-state index in [1.807, 2.05) is 24.3 Å². The summed E-state index contributed by atoms with van der Waals surface area (Å²) in [5.41, 5.74) is 14.6. The van der Waals surface area contributed by atoms with Gasteiger partial charge in [-0.3, -0.25) is 0 Å². The molecule has 7 heteroatoms. The molecule has 0 aliphatic carbocycles. The van der Waals surface area contributed by atoms with E-state index >= 15 is 0 Å². The maximum atomic E-state index is 5.54. The van der Waals surface area contributed by atoms with E-state index in [0.29, 0.717) is 0 Å². The van der Waals surface area contributed by atoms with Crippen molar-refractivity contribution in [2.75, 3.05) is 24.0 Å². The van der Waals surface area contributed by atoms with Gasteiger partial charge in [-0.25, -0.2) is 5.43 Å². The first-order valence-electron chi connectivity index (χ1n) is 5.50. The van der Waals surface area contributed by atoms with E-state index in [-0.39, 0.29) is 17.6 Å². The van der Waals surface area contributed by atoms with Crippen LogP contribution < -0.4 is 21.6 Å². The van der Waals surface area contributed by atoms with Gasteiger partial charge >= 0.3 is 0 Å². The van der Waals surface area contributed by atoms with E-state index in [1.165, 1.54) is 6.07 Å². The molecule has 1 heterocycles. The first-order chi connectivity index (χ1) is 9.17. The molecule has 0 fully saturated rings. The molecule has 2 rings (SSSR count). The van der Waals surface area contributed by atoms with Gasteiger partial charge in [0.15, 0.2) is 0 Å². The molecule has 0 bridgehead atoms. The zero-order valence-electron chi connectivity index (χ0n) is 10.4. The maximum absolute atomic E-state index is 5.54. The Morgan fingerprint density at radius 3 is 2.37 bits per heavy atom. The summed E-state index contributed by atoms with van der Waals surface area (Å²) in [4.78, 5) is 7.87. The number of benzene rings is 1. The first kappa shape index (κ1) is 12.6. The summed E-state index contributed by atoms with van der Waals surface area (Å²) in [5, 5.41) is 4.00. The molecule has 0 radical (unpaired) electrons. The van der Waals surface area contributed by atoms with Crippen LogP contribution in [-0.4, -0.2) is 23.3 Å². The number of nitrogens with two attached hydrogens (primary N) is 2. The van der Waals surface area contributed by atoms with Crippen molar-refractivity contribution < 1.29 is 4.74 Å². The van der Waals surface area contributed by atoms with Crippen LogP contribution in [0.25, 0.3) is 0 Å². The third-order valence-corrected chi connectivity index (χ3v) is 2.26. The van der Waals surface area contributed by atoms with Crippen LogP contribution in [0.1, 0.15) is 5.56 Å². The van der Waals surface area contributed by atoms with Gasteiger partial charge in [0.1, 0.15) is 17.4 Å². The largest absolute Gasteiger partial charge is 0.497 e. The highest BCUT2D eigenvalue weighted by Gasteiger charge is 1.97. The summed E-state index contributed by atoms with van der Waals surface area (Å²) in [6.45, 7) is 0. The second kappa shape index (κ2) is 5.67. The van der Waals surface area contributed by atoms with Gasteiger partial charge in [0.25, 0.3) is 0 Å². The number of rotatable bonds is 4. The Bertz CT molecular complexity index is 561. The van der Waals surface area contributed by atoms with Gasteiger partial charge in [0.05, 0.1) is 13.3 Å². The van der Waals surface area contributed by atoms with Gasteiger partial charge in [-0.2, -0.15) is 15.1 Å². The highest BCUT2D eigenvalue weighted by molar-refractivity contribution is 5.80. The van der Waals surface area contributed by atoms with Crippen LogP contribution in [0.5, 0.6) is 5.75 Å². The van der Waals surface area contributed by atoms with Crippen LogP contribution in [0.15, 0.2) is 35.4 Å². The van der Waals surface area contributed by atoms with Crippen molar-refractivity contribution in [2.24, 2.45) is 5.10 Å². The maximum Gasteiger partial charge on any atom is 0.247 e. The predicted molar refractivity (Wildman–Crippen MR) is 75.1 cm³/mol. The zero-order chi connectivity index (χ0) is 13.7. The fourth-order valence-corrected chi connectivity index (χ4v) is 1.39. The number of hydrazone groups is 1. The molecular weight excluding hydrogens is 244 g/mol. The number of nitrogens with zero attached hydrogens (tertiary/aromatic N) is 3. The summed E-state index contributed by atoms with van der Waals surface area (Å²) < 4.78 is 5.06. The summed E-state index contributed by atoms with van der Waals surface area (Å²) in [6.07, 6.45) is 1.63. The van der Waals surface area contributed by atoms with E-state index < -0.39 is 0 Å². The lowest BCUT2D eigenvalue weighted by atomic mass is 10.2. The molecule has 0 saturated carbocycles. The lowest BCUT2D eigenvalue weighted by Gasteiger charge is -2.01. The molecule has 0 spiro atoms. The second-order valence-electron chi connectivity index (χ2n) is 3.68. The SMILES string of the molecule is COc1ccc(/C=N/Nc2nc(N)cc(N)n2)cc1. The Hall–Kier alpha value is -2.83. The molecule has 0 amide bonds. The van der Waals surface area contributed by atoms with Crippen molar-refractivity contribution in [1.82, 2.24) is 9.97 Å². The monoisotopic (exact) mass is 258 g/mol. The zero-order valence-corrected chi connectivity index (χ0v) is 10.4. The van der Waals surface area contributed by atoms with E-state index in [0.717, 1.165) is 11.3 Å². The average molecular weight is 258 g/mol. The van der Waals surface area contributed by atoms with E-state index in [1.54, 1.807) is 13.3 Å².